The van der Waals surface area contributed by atoms with E-state index < -0.39 is 0 Å². The monoisotopic (exact) mass is 585 g/mol. The van der Waals surface area contributed by atoms with E-state index in [1.807, 2.05) is 18.3 Å². The summed E-state index contributed by atoms with van der Waals surface area (Å²) in [6.07, 6.45) is 3.70. The van der Waals surface area contributed by atoms with Gasteiger partial charge in [-0.2, -0.15) is 0 Å². The second-order valence-electron chi connectivity index (χ2n) is 11.7. The second-order valence-corrected chi connectivity index (χ2v) is 11.7. The minimum Gasteiger partial charge on any atom is -0.264 e. The van der Waals surface area contributed by atoms with E-state index in [-0.39, 0.29) is 0 Å². The lowest BCUT2D eigenvalue weighted by Crippen LogP contribution is -1.98. The van der Waals surface area contributed by atoms with E-state index in [0.717, 1.165) is 44.8 Å². The van der Waals surface area contributed by atoms with Gasteiger partial charge in [0.05, 0.1) is 11.4 Å². The van der Waals surface area contributed by atoms with Gasteiger partial charge in [0, 0.05) is 34.6 Å². The molecule has 0 aliphatic heterocycles. The van der Waals surface area contributed by atoms with Gasteiger partial charge in [-0.3, -0.25) is 4.98 Å². The van der Waals surface area contributed by atoms with E-state index in [2.05, 4.69) is 145 Å². The Bertz CT molecular complexity index is 2500. The van der Waals surface area contributed by atoms with Gasteiger partial charge in [-0.25, -0.2) is 9.97 Å². The van der Waals surface area contributed by atoms with Crippen molar-refractivity contribution in [2.75, 3.05) is 0 Å². The van der Waals surface area contributed by atoms with Crippen LogP contribution in [0.2, 0.25) is 0 Å². The zero-order chi connectivity index (χ0) is 30.5. The molecule has 46 heavy (non-hydrogen) atoms. The topological polar surface area (TPSA) is 38.7 Å². The summed E-state index contributed by atoms with van der Waals surface area (Å²) in [4.78, 5) is 15.0. The molecule has 0 spiro atoms. The number of hydrogen-bond acceptors (Lipinski definition) is 3. The van der Waals surface area contributed by atoms with E-state index in [4.69, 9.17) is 9.97 Å². The molecule has 2 heterocycles. The highest BCUT2D eigenvalue weighted by molar-refractivity contribution is 6.25. The van der Waals surface area contributed by atoms with Crippen LogP contribution in [0.1, 0.15) is 0 Å². The SMILES string of the molecule is c1ccc(-c2cccc(-c3cc(-c4ccc5ccc6cccc7ccc4c5c67)nc(-c4ccccc4-c4cccnc4)n3)c2)cc1. The summed E-state index contributed by atoms with van der Waals surface area (Å²) in [5.41, 5.74) is 9.28. The molecule has 0 saturated heterocycles. The number of nitrogens with zero attached hydrogens (tertiary/aromatic N) is 3. The fraction of sp³-hybridized carbons (Fsp3) is 0. The molecule has 0 aliphatic rings. The van der Waals surface area contributed by atoms with Crippen LogP contribution in [-0.2, 0) is 0 Å². The van der Waals surface area contributed by atoms with Crippen molar-refractivity contribution in [1.29, 1.82) is 0 Å². The standard InChI is InChI=1S/C43H27N3/c1-2-9-28(10-3-1)32-13-7-14-33(25-32)39-26-40(46-43(45-39)38-17-5-4-16-35(38)34-15-8-24-44-27-34)36-22-20-31-19-18-29-11-6-12-30-21-23-37(36)42(31)41(29)30/h1-27H. The molecule has 0 amide bonds. The van der Waals surface area contributed by atoms with Crippen LogP contribution in [-0.4, -0.2) is 15.0 Å². The van der Waals surface area contributed by atoms with E-state index in [0.29, 0.717) is 5.82 Å². The number of aromatic nitrogens is 3. The third-order valence-electron chi connectivity index (χ3n) is 8.94. The third kappa shape index (κ3) is 4.41. The van der Waals surface area contributed by atoms with Crippen LogP contribution < -0.4 is 0 Å². The zero-order valence-corrected chi connectivity index (χ0v) is 24.9. The van der Waals surface area contributed by atoms with Crippen molar-refractivity contribution in [3.8, 4) is 56.2 Å². The lowest BCUT2D eigenvalue weighted by Gasteiger charge is -2.16. The lowest BCUT2D eigenvalue weighted by atomic mass is 9.91. The van der Waals surface area contributed by atoms with E-state index in [1.165, 1.54) is 37.9 Å². The Balaban J connectivity index is 1.31. The maximum atomic E-state index is 5.32. The van der Waals surface area contributed by atoms with E-state index >= 15 is 0 Å². The minimum absolute atomic E-state index is 0.683. The van der Waals surface area contributed by atoms with Crippen LogP contribution in [0.3, 0.4) is 0 Å². The van der Waals surface area contributed by atoms with Gasteiger partial charge in [-0.1, -0.05) is 133 Å². The van der Waals surface area contributed by atoms with Crippen LogP contribution in [0.5, 0.6) is 0 Å². The number of benzene rings is 7. The molecule has 3 heteroatoms. The Kier molecular flexibility index (Phi) is 6.14. The Labute approximate surface area is 266 Å². The van der Waals surface area contributed by atoms with Crippen molar-refractivity contribution in [3.05, 3.63) is 164 Å². The maximum Gasteiger partial charge on any atom is 0.161 e. The van der Waals surface area contributed by atoms with Crippen molar-refractivity contribution in [1.82, 2.24) is 15.0 Å². The highest BCUT2D eigenvalue weighted by Gasteiger charge is 2.18. The average molecular weight is 586 g/mol. The third-order valence-corrected chi connectivity index (χ3v) is 8.94. The molecule has 3 nitrogen and oxygen atoms in total. The maximum absolute atomic E-state index is 5.32. The lowest BCUT2D eigenvalue weighted by molar-refractivity contribution is 1.18. The zero-order valence-electron chi connectivity index (χ0n) is 24.9. The predicted molar refractivity (Wildman–Crippen MR) is 191 cm³/mol. The minimum atomic E-state index is 0.683. The molecule has 0 saturated carbocycles. The molecule has 0 fully saturated rings. The van der Waals surface area contributed by atoms with E-state index in [1.54, 1.807) is 6.20 Å². The summed E-state index contributed by atoms with van der Waals surface area (Å²) in [5.74, 6) is 0.683. The summed E-state index contributed by atoms with van der Waals surface area (Å²) in [6.45, 7) is 0. The smallest absolute Gasteiger partial charge is 0.161 e. The fourth-order valence-corrected chi connectivity index (χ4v) is 6.75. The van der Waals surface area contributed by atoms with Gasteiger partial charge < -0.3 is 0 Å². The Morgan fingerprint density at radius 1 is 0.370 bits per heavy atom. The summed E-state index contributed by atoms with van der Waals surface area (Å²) in [6, 6.07) is 53.5. The van der Waals surface area contributed by atoms with Crippen molar-refractivity contribution in [2.45, 2.75) is 0 Å². The van der Waals surface area contributed by atoms with Crippen molar-refractivity contribution < 1.29 is 0 Å². The first-order chi connectivity index (χ1) is 22.8. The van der Waals surface area contributed by atoms with Crippen molar-refractivity contribution in [2.24, 2.45) is 0 Å². The summed E-state index contributed by atoms with van der Waals surface area (Å²) >= 11 is 0. The van der Waals surface area contributed by atoms with Crippen LogP contribution in [0.4, 0.5) is 0 Å². The normalized spacial score (nSPS) is 11.5. The van der Waals surface area contributed by atoms with Crippen LogP contribution in [0, 0.1) is 0 Å². The van der Waals surface area contributed by atoms with Gasteiger partial charge in [0.25, 0.3) is 0 Å². The molecule has 0 unspecified atom stereocenters. The Hall–Kier alpha value is -6.19. The van der Waals surface area contributed by atoms with Gasteiger partial charge in [-0.15, -0.1) is 0 Å². The molecule has 7 aromatic carbocycles. The quantitative estimate of drug-likeness (QED) is 0.189. The van der Waals surface area contributed by atoms with Crippen molar-refractivity contribution >= 4 is 32.3 Å². The molecule has 2 aromatic heterocycles. The first-order valence-corrected chi connectivity index (χ1v) is 15.5. The molecule has 0 radical (unpaired) electrons. The predicted octanol–water partition coefficient (Wildman–Crippen LogP) is 11.1. The molecular weight excluding hydrogens is 558 g/mol. The molecule has 9 rings (SSSR count). The van der Waals surface area contributed by atoms with Gasteiger partial charge in [0.2, 0.25) is 0 Å². The summed E-state index contributed by atoms with van der Waals surface area (Å²) in [5, 5.41) is 7.49. The fourth-order valence-electron chi connectivity index (χ4n) is 6.75. The Morgan fingerprint density at radius 2 is 1.02 bits per heavy atom. The van der Waals surface area contributed by atoms with Gasteiger partial charge in [-0.05, 0) is 67.2 Å². The first kappa shape index (κ1) is 26.2. The number of rotatable bonds is 5. The number of pyridine rings is 1. The molecule has 214 valence electrons. The van der Waals surface area contributed by atoms with Crippen LogP contribution in [0.25, 0.3) is 88.5 Å². The van der Waals surface area contributed by atoms with Gasteiger partial charge >= 0.3 is 0 Å². The second kappa shape index (κ2) is 10.8. The highest BCUT2D eigenvalue weighted by Crippen LogP contribution is 2.40. The summed E-state index contributed by atoms with van der Waals surface area (Å²) < 4.78 is 0. The Morgan fingerprint density at radius 3 is 1.85 bits per heavy atom. The largest absolute Gasteiger partial charge is 0.264 e. The van der Waals surface area contributed by atoms with Crippen molar-refractivity contribution in [3.63, 3.8) is 0 Å². The molecular formula is C43H27N3. The summed E-state index contributed by atoms with van der Waals surface area (Å²) in [7, 11) is 0. The average Bonchev–Trinajstić information content (AvgIpc) is 3.14. The molecule has 0 N–H and O–H groups in total. The molecule has 9 aromatic rings. The molecule has 0 aliphatic carbocycles. The highest BCUT2D eigenvalue weighted by atomic mass is 14.9. The van der Waals surface area contributed by atoms with Crippen LogP contribution >= 0.6 is 0 Å². The van der Waals surface area contributed by atoms with Gasteiger partial charge in [0.15, 0.2) is 5.82 Å². The van der Waals surface area contributed by atoms with Crippen LogP contribution in [0.15, 0.2) is 164 Å². The van der Waals surface area contributed by atoms with E-state index in [9.17, 15) is 0 Å². The molecule has 0 atom stereocenters. The number of hydrogen-bond donors (Lipinski definition) is 0. The first-order valence-electron chi connectivity index (χ1n) is 15.5. The molecule has 0 bridgehead atoms. The van der Waals surface area contributed by atoms with Gasteiger partial charge in [0.1, 0.15) is 0 Å².